The SMILES string of the molecule is CC[N+]1([C@H](C)c2ccccc2)C=C(N[C@H]2CC[C@@H](C(N)=O)CC2)C=N1. The van der Waals surface area contributed by atoms with Crippen LogP contribution in [0.2, 0.25) is 0 Å². The van der Waals surface area contributed by atoms with Crippen LogP contribution in [0.5, 0.6) is 0 Å². The van der Waals surface area contributed by atoms with Crippen molar-refractivity contribution in [3.05, 3.63) is 47.8 Å². The van der Waals surface area contributed by atoms with E-state index in [1.165, 1.54) is 5.56 Å². The number of amides is 1. The predicted molar refractivity (Wildman–Crippen MR) is 100 cm³/mol. The number of nitrogens with two attached hydrogens (primary N) is 1. The number of carbonyl (C=O) groups excluding carboxylic acids is 1. The molecule has 0 aromatic heterocycles. The number of nitrogens with zero attached hydrogens (tertiary/aromatic N) is 2. The fourth-order valence-corrected chi connectivity index (χ4v) is 3.96. The molecule has 2 aliphatic rings. The Balaban J connectivity index is 1.67. The summed E-state index contributed by atoms with van der Waals surface area (Å²) in [6.45, 7) is 5.31. The Morgan fingerprint density at radius 1 is 1.28 bits per heavy atom. The molecule has 1 amide bonds. The van der Waals surface area contributed by atoms with E-state index < -0.39 is 0 Å². The first-order chi connectivity index (χ1) is 12.0. The maximum absolute atomic E-state index is 11.3. The standard InChI is InChI=1S/C20H28N4O/c1-3-24(15(2)16-7-5-4-6-8-16)14-19(13-22-24)23-18-11-9-17(10-12-18)20(21)25/h4-8,13-15,17-18,23H,3,9-12H2,1-2H3,(H-,21,25)/p+1/t15-,17-,18+,24?/m1/s1. The van der Waals surface area contributed by atoms with Gasteiger partial charge in [0.15, 0.2) is 0 Å². The van der Waals surface area contributed by atoms with Crippen LogP contribution in [0, 0.1) is 5.92 Å². The quantitative estimate of drug-likeness (QED) is 0.781. The summed E-state index contributed by atoms with van der Waals surface area (Å²) >= 11 is 0. The Morgan fingerprint density at radius 2 is 1.96 bits per heavy atom. The highest BCUT2D eigenvalue weighted by Gasteiger charge is 2.36. The first-order valence-corrected chi connectivity index (χ1v) is 9.31. The van der Waals surface area contributed by atoms with E-state index in [9.17, 15) is 4.79 Å². The van der Waals surface area contributed by atoms with Crippen LogP contribution >= 0.6 is 0 Å². The largest absolute Gasteiger partial charge is 0.377 e. The lowest BCUT2D eigenvalue weighted by Gasteiger charge is -2.31. The molecular weight excluding hydrogens is 312 g/mol. The van der Waals surface area contributed by atoms with Crippen LogP contribution in [0.15, 0.2) is 47.3 Å². The zero-order chi connectivity index (χ0) is 17.9. The van der Waals surface area contributed by atoms with Crippen LogP contribution in [0.4, 0.5) is 0 Å². The monoisotopic (exact) mass is 341 g/mol. The third kappa shape index (κ3) is 3.76. The highest BCUT2D eigenvalue weighted by molar-refractivity contribution is 5.78. The molecule has 1 aliphatic carbocycles. The van der Waals surface area contributed by atoms with Crippen molar-refractivity contribution >= 4 is 12.1 Å². The molecular formula is C20H29N4O+. The van der Waals surface area contributed by atoms with Gasteiger partial charge in [-0.2, -0.15) is 4.59 Å². The fourth-order valence-electron chi connectivity index (χ4n) is 3.96. The number of quaternary nitrogens is 1. The molecule has 5 nitrogen and oxygen atoms in total. The molecule has 0 spiro atoms. The Kier molecular flexibility index (Phi) is 5.23. The minimum absolute atomic E-state index is 0.0490. The molecule has 0 bridgehead atoms. The Labute approximate surface area is 150 Å². The fraction of sp³-hybridized carbons (Fsp3) is 0.500. The molecule has 1 aromatic carbocycles. The molecule has 1 aliphatic heterocycles. The van der Waals surface area contributed by atoms with Crippen LogP contribution in [0.1, 0.15) is 51.1 Å². The topological polar surface area (TPSA) is 67.5 Å². The molecule has 134 valence electrons. The normalized spacial score (nSPS) is 29.9. The van der Waals surface area contributed by atoms with Gasteiger partial charge in [-0.1, -0.05) is 35.4 Å². The number of hydrogen-bond acceptors (Lipinski definition) is 3. The van der Waals surface area contributed by atoms with Crippen LogP contribution in [0.3, 0.4) is 0 Å². The third-order valence-corrected chi connectivity index (χ3v) is 5.73. The molecule has 0 saturated heterocycles. The summed E-state index contributed by atoms with van der Waals surface area (Å²) < 4.78 is 0.586. The number of allylic oxidation sites excluding steroid dienone is 1. The van der Waals surface area contributed by atoms with Gasteiger partial charge in [0.2, 0.25) is 5.91 Å². The second-order valence-electron chi connectivity index (χ2n) is 7.21. The molecule has 1 aromatic rings. The van der Waals surface area contributed by atoms with E-state index in [1.807, 2.05) is 12.3 Å². The lowest BCUT2D eigenvalue weighted by atomic mass is 9.85. The van der Waals surface area contributed by atoms with E-state index in [-0.39, 0.29) is 17.9 Å². The van der Waals surface area contributed by atoms with Crippen molar-refractivity contribution < 1.29 is 9.39 Å². The van der Waals surface area contributed by atoms with E-state index in [2.05, 4.69) is 49.6 Å². The number of rotatable bonds is 6. The molecule has 1 saturated carbocycles. The van der Waals surface area contributed by atoms with E-state index >= 15 is 0 Å². The summed E-state index contributed by atoms with van der Waals surface area (Å²) in [7, 11) is 0. The van der Waals surface area contributed by atoms with Crippen molar-refractivity contribution in [1.82, 2.24) is 5.32 Å². The first kappa shape index (κ1) is 17.7. The molecule has 3 N–H and O–H groups in total. The number of primary amides is 1. The number of hydrogen-bond donors (Lipinski definition) is 2. The lowest BCUT2D eigenvalue weighted by Crippen LogP contribution is -2.39. The Hall–Kier alpha value is -2.14. The zero-order valence-electron chi connectivity index (χ0n) is 15.2. The molecule has 3 rings (SSSR count). The first-order valence-electron chi connectivity index (χ1n) is 9.31. The lowest BCUT2D eigenvalue weighted by molar-refractivity contribution is -0.911. The summed E-state index contributed by atoms with van der Waals surface area (Å²) in [6.07, 6.45) is 7.93. The summed E-state index contributed by atoms with van der Waals surface area (Å²) in [5, 5.41) is 8.45. The Bertz CT molecular complexity index is 662. The van der Waals surface area contributed by atoms with Crippen molar-refractivity contribution in [2.45, 2.75) is 51.6 Å². The molecule has 1 unspecified atom stereocenters. The molecule has 25 heavy (non-hydrogen) atoms. The summed E-state index contributed by atoms with van der Waals surface area (Å²) in [4.78, 5) is 11.3. The third-order valence-electron chi connectivity index (χ3n) is 5.73. The Morgan fingerprint density at radius 3 is 2.56 bits per heavy atom. The maximum Gasteiger partial charge on any atom is 0.220 e. The van der Waals surface area contributed by atoms with Crippen LogP contribution < -0.4 is 11.1 Å². The minimum Gasteiger partial charge on any atom is -0.377 e. The van der Waals surface area contributed by atoms with Gasteiger partial charge >= 0.3 is 0 Å². The highest BCUT2D eigenvalue weighted by Crippen LogP contribution is 2.33. The minimum atomic E-state index is -0.154. The zero-order valence-corrected chi connectivity index (χ0v) is 15.2. The van der Waals surface area contributed by atoms with Crippen LogP contribution in [-0.2, 0) is 4.79 Å². The van der Waals surface area contributed by atoms with Crippen molar-refractivity contribution in [3.8, 4) is 0 Å². The van der Waals surface area contributed by atoms with Gasteiger partial charge in [-0.25, -0.2) is 0 Å². The average Bonchev–Trinajstić information content (AvgIpc) is 3.06. The molecule has 5 heteroatoms. The van der Waals surface area contributed by atoms with Crippen molar-refractivity contribution in [1.29, 1.82) is 0 Å². The van der Waals surface area contributed by atoms with Gasteiger partial charge in [-0.15, -0.1) is 0 Å². The van der Waals surface area contributed by atoms with Gasteiger partial charge in [-0.3, -0.25) is 4.79 Å². The number of carbonyl (C=O) groups is 1. The molecule has 1 fully saturated rings. The predicted octanol–water partition coefficient (Wildman–Crippen LogP) is 3.06. The smallest absolute Gasteiger partial charge is 0.220 e. The molecule has 2 atom stereocenters. The highest BCUT2D eigenvalue weighted by atomic mass is 16.1. The van der Waals surface area contributed by atoms with Gasteiger partial charge in [0.25, 0.3) is 0 Å². The van der Waals surface area contributed by atoms with Crippen LogP contribution in [0.25, 0.3) is 0 Å². The second kappa shape index (κ2) is 7.40. The summed E-state index contributed by atoms with van der Waals surface area (Å²) in [5.41, 5.74) is 7.81. The van der Waals surface area contributed by atoms with Gasteiger partial charge < -0.3 is 11.1 Å². The molecule has 0 radical (unpaired) electrons. The van der Waals surface area contributed by atoms with Crippen molar-refractivity contribution in [3.63, 3.8) is 0 Å². The average molecular weight is 341 g/mol. The van der Waals surface area contributed by atoms with Gasteiger partial charge in [0.1, 0.15) is 30.7 Å². The van der Waals surface area contributed by atoms with E-state index in [0.29, 0.717) is 10.6 Å². The van der Waals surface area contributed by atoms with Crippen LogP contribution in [-0.4, -0.2) is 29.3 Å². The molecule has 1 heterocycles. The van der Waals surface area contributed by atoms with E-state index in [4.69, 9.17) is 10.8 Å². The van der Waals surface area contributed by atoms with Crippen molar-refractivity contribution in [2.75, 3.05) is 6.54 Å². The van der Waals surface area contributed by atoms with Gasteiger partial charge in [-0.05, 0) is 39.5 Å². The van der Waals surface area contributed by atoms with Gasteiger partial charge in [0.05, 0.1) is 0 Å². The van der Waals surface area contributed by atoms with E-state index in [1.54, 1.807) is 0 Å². The second-order valence-corrected chi connectivity index (χ2v) is 7.21. The van der Waals surface area contributed by atoms with Crippen molar-refractivity contribution in [2.24, 2.45) is 16.8 Å². The summed E-state index contributed by atoms with van der Waals surface area (Å²) in [5.74, 6) is -0.105. The summed E-state index contributed by atoms with van der Waals surface area (Å²) in [6, 6.07) is 11.2. The number of nitrogens with one attached hydrogen (secondary N) is 1. The van der Waals surface area contributed by atoms with E-state index in [0.717, 1.165) is 37.9 Å². The number of benzene rings is 1. The van der Waals surface area contributed by atoms with Gasteiger partial charge in [0, 0.05) is 17.5 Å². The maximum atomic E-state index is 11.3.